The molecule has 1 heterocycles. The molecule has 0 aliphatic heterocycles. The van der Waals surface area contributed by atoms with Gasteiger partial charge in [0.05, 0.1) is 0 Å². The van der Waals surface area contributed by atoms with Crippen LogP contribution in [0.2, 0.25) is 0 Å². The van der Waals surface area contributed by atoms with Crippen molar-refractivity contribution in [2.45, 2.75) is 6.61 Å². The van der Waals surface area contributed by atoms with E-state index in [-0.39, 0.29) is 12.4 Å². The number of carboxylic acid groups (broad SMARTS) is 1. The van der Waals surface area contributed by atoms with Crippen LogP contribution in [0.5, 0.6) is 5.75 Å². The lowest BCUT2D eigenvalue weighted by molar-refractivity contribution is 0.0651. The summed E-state index contributed by atoms with van der Waals surface area (Å²) >= 11 is 3.32. The molecule has 6 heteroatoms. The first kappa shape index (κ1) is 11.7. The van der Waals surface area contributed by atoms with Crippen LogP contribution in [0, 0.1) is 0 Å². The molecule has 0 spiro atoms. The van der Waals surface area contributed by atoms with Crippen molar-refractivity contribution in [1.82, 2.24) is 5.16 Å². The monoisotopic (exact) mass is 297 g/mol. The van der Waals surface area contributed by atoms with E-state index in [0.717, 1.165) is 4.47 Å². The van der Waals surface area contributed by atoms with Crippen molar-refractivity contribution in [3.8, 4) is 5.75 Å². The minimum atomic E-state index is -1.15. The number of rotatable bonds is 4. The molecule has 0 bridgehead atoms. The highest BCUT2D eigenvalue weighted by molar-refractivity contribution is 9.10. The predicted octanol–water partition coefficient (Wildman–Crippen LogP) is 2.71. The molecule has 2 rings (SSSR count). The van der Waals surface area contributed by atoms with E-state index >= 15 is 0 Å². The standard InChI is InChI=1S/C11H8BrNO4/c12-7-2-1-3-9(4-7)16-6-8-5-10(11(14)15)17-13-8/h1-5H,6H2,(H,14,15). The lowest BCUT2D eigenvalue weighted by atomic mass is 10.3. The van der Waals surface area contributed by atoms with E-state index in [0.29, 0.717) is 11.4 Å². The number of hydrogen-bond acceptors (Lipinski definition) is 4. The Bertz CT molecular complexity index is 538. The molecule has 0 aliphatic carbocycles. The molecule has 0 aliphatic rings. The fourth-order valence-corrected chi connectivity index (χ4v) is 1.57. The van der Waals surface area contributed by atoms with E-state index in [4.69, 9.17) is 9.84 Å². The third kappa shape index (κ3) is 3.07. The second-order valence-corrected chi connectivity index (χ2v) is 4.15. The summed E-state index contributed by atoms with van der Waals surface area (Å²) < 4.78 is 10.9. The van der Waals surface area contributed by atoms with Crippen LogP contribution in [-0.2, 0) is 6.61 Å². The van der Waals surface area contributed by atoms with Crippen molar-refractivity contribution in [1.29, 1.82) is 0 Å². The Balaban J connectivity index is 2.00. The van der Waals surface area contributed by atoms with E-state index < -0.39 is 5.97 Å². The molecule has 2 aromatic rings. The molecule has 0 radical (unpaired) electrons. The zero-order chi connectivity index (χ0) is 12.3. The van der Waals surface area contributed by atoms with Crippen LogP contribution in [0.15, 0.2) is 39.3 Å². The van der Waals surface area contributed by atoms with Gasteiger partial charge in [0, 0.05) is 10.5 Å². The maximum absolute atomic E-state index is 10.6. The number of aromatic carboxylic acids is 1. The molecule has 0 unspecified atom stereocenters. The molecular weight excluding hydrogens is 290 g/mol. The Morgan fingerprint density at radius 2 is 2.29 bits per heavy atom. The third-order valence-corrected chi connectivity index (χ3v) is 2.45. The van der Waals surface area contributed by atoms with Gasteiger partial charge < -0.3 is 14.4 Å². The molecule has 5 nitrogen and oxygen atoms in total. The van der Waals surface area contributed by atoms with E-state index in [1.807, 2.05) is 12.1 Å². The van der Waals surface area contributed by atoms with E-state index in [2.05, 4.69) is 25.6 Å². The molecule has 0 fully saturated rings. The topological polar surface area (TPSA) is 72.6 Å². The lowest BCUT2D eigenvalue weighted by Crippen LogP contribution is -1.95. The minimum absolute atomic E-state index is 0.160. The Kier molecular flexibility index (Phi) is 3.43. The summed E-state index contributed by atoms with van der Waals surface area (Å²) in [5, 5.41) is 12.2. The average Bonchev–Trinajstić information content (AvgIpc) is 2.75. The first-order chi connectivity index (χ1) is 8.15. The van der Waals surface area contributed by atoms with Crippen LogP contribution in [-0.4, -0.2) is 16.2 Å². The Morgan fingerprint density at radius 3 is 2.94 bits per heavy atom. The molecule has 1 aromatic heterocycles. The van der Waals surface area contributed by atoms with Gasteiger partial charge in [-0.25, -0.2) is 4.79 Å². The predicted molar refractivity (Wildman–Crippen MR) is 61.9 cm³/mol. The van der Waals surface area contributed by atoms with E-state index in [1.165, 1.54) is 6.07 Å². The summed E-state index contributed by atoms with van der Waals surface area (Å²) in [6.07, 6.45) is 0. The number of nitrogens with zero attached hydrogens (tertiary/aromatic N) is 1. The largest absolute Gasteiger partial charge is 0.487 e. The van der Waals surface area contributed by atoms with Gasteiger partial charge in [0.25, 0.3) is 0 Å². The van der Waals surface area contributed by atoms with Crippen molar-refractivity contribution in [3.05, 3.63) is 46.3 Å². The molecule has 17 heavy (non-hydrogen) atoms. The Labute approximate surface area is 105 Å². The van der Waals surface area contributed by atoms with Gasteiger partial charge in [-0.3, -0.25) is 0 Å². The zero-order valence-corrected chi connectivity index (χ0v) is 10.2. The lowest BCUT2D eigenvalue weighted by Gasteiger charge is -2.03. The van der Waals surface area contributed by atoms with Crippen LogP contribution < -0.4 is 4.74 Å². The SMILES string of the molecule is O=C(O)c1cc(COc2cccc(Br)c2)no1. The van der Waals surface area contributed by atoms with Crippen molar-refractivity contribution >= 4 is 21.9 Å². The van der Waals surface area contributed by atoms with Crippen LogP contribution >= 0.6 is 15.9 Å². The molecule has 1 aromatic carbocycles. The maximum atomic E-state index is 10.6. The third-order valence-electron chi connectivity index (χ3n) is 1.95. The number of carbonyl (C=O) groups is 1. The van der Waals surface area contributed by atoms with E-state index in [9.17, 15) is 4.79 Å². The highest BCUT2D eigenvalue weighted by atomic mass is 79.9. The number of benzene rings is 1. The number of ether oxygens (including phenoxy) is 1. The highest BCUT2D eigenvalue weighted by Crippen LogP contribution is 2.18. The summed E-state index contributed by atoms with van der Waals surface area (Å²) in [5.41, 5.74) is 0.433. The summed E-state index contributed by atoms with van der Waals surface area (Å²) in [4.78, 5) is 10.6. The summed E-state index contributed by atoms with van der Waals surface area (Å²) in [5.74, 6) is -0.678. The van der Waals surface area contributed by atoms with Gasteiger partial charge in [-0.2, -0.15) is 0 Å². The average molecular weight is 298 g/mol. The second-order valence-electron chi connectivity index (χ2n) is 3.23. The maximum Gasteiger partial charge on any atom is 0.374 e. The smallest absolute Gasteiger partial charge is 0.374 e. The number of aromatic nitrogens is 1. The van der Waals surface area contributed by atoms with Gasteiger partial charge in [-0.05, 0) is 18.2 Å². The van der Waals surface area contributed by atoms with Gasteiger partial charge in [-0.15, -0.1) is 0 Å². The number of halogens is 1. The van der Waals surface area contributed by atoms with Crippen LogP contribution in [0.25, 0.3) is 0 Å². The fraction of sp³-hybridized carbons (Fsp3) is 0.0909. The van der Waals surface area contributed by atoms with Gasteiger partial charge in [0.15, 0.2) is 0 Å². The van der Waals surface area contributed by atoms with Gasteiger partial charge in [0.1, 0.15) is 18.1 Å². The second kappa shape index (κ2) is 5.01. The molecule has 0 atom stereocenters. The molecule has 0 saturated heterocycles. The van der Waals surface area contributed by atoms with Crippen LogP contribution in [0.4, 0.5) is 0 Å². The van der Waals surface area contributed by atoms with Crippen molar-refractivity contribution in [2.24, 2.45) is 0 Å². The van der Waals surface area contributed by atoms with Gasteiger partial charge in [0.2, 0.25) is 5.76 Å². The summed E-state index contributed by atoms with van der Waals surface area (Å²) in [6.45, 7) is 0.160. The first-order valence-corrected chi connectivity index (χ1v) is 5.52. The van der Waals surface area contributed by atoms with Crippen LogP contribution in [0.1, 0.15) is 16.2 Å². The molecule has 88 valence electrons. The summed E-state index contributed by atoms with van der Waals surface area (Å²) in [7, 11) is 0. The van der Waals surface area contributed by atoms with Crippen molar-refractivity contribution < 1.29 is 19.2 Å². The van der Waals surface area contributed by atoms with Crippen molar-refractivity contribution in [2.75, 3.05) is 0 Å². The molecule has 1 N–H and O–H groups in total. The molecule has 0 amide bonds. The minimum Gasteiger partial charge on any atom is -0.487 e. The molecular formula is C11H8BrNO4. The van der Waals surface area contributed by atoms with E-state index in [1.54, 1.807) is 12.1 Å². The normalized spacial score (nSPS) is 10.2. The quantitative estimate of drug-likeness (QED) is 0.939. The molecule has 0 saturated carbocycles. The first-order valence-electron chi connectivity index (χ1n) is 4.72. The van der Waals surface area contributed by atoms with Gasteiger partial charge in [-0.1, -0.05) is 27.2 Å². The number of carboxylic acids is 1. The Hall–Kier alpha value is -1.82. The van der Waals surface area contributed by atoms with Crippen molar-refractivity contribution in [3.63, 3.8) is 0 Å². The summed E-state index contributed by atoms with van der Waals surface area (Å²) in [6, 6.07) is 8.65. The number of hydrogen-bond donors (Lipinski definition) is 1. The van der Waals surface area contributed by atoms with Gasteiger partial charge >= 0.3 is 5.97 Å². The highest BCUT2D eigenvalue weighted by Gasteiger charge is 2.11. The zero-order valence-electron chi connectivity index (χ0n) is 8.59. The van der Waals surface area contributed by atoms with Crippen LogP contribution in [0.3, 0.4) is 0 Å². The Morgan fingerprint density at radius 1 is 1.47 bits per heavy atom. The fourth-order valence-electron chi connectivity index (χ4n) is 1.19.